The molecule has 1 heteroatoms. The molecule has 0 amide bonds. The molecule has 0 fully saturated rings. The summed E-state index contributed by atoms with van der Waals surface area (Å²) in [6.45, 7) is 4.20. The van der Waals surface area contributed by atoms with E-state index in [0.29, 0.717) is 5.92 Å². The molecule has 0 bridgehead atoms. The molecule has 0 aromatic heterocycles. The van der Waals surface area contributed by atoms with E-state index in [9.17, 15) is 0 Å². The van der Waals surface area contributed by atoms with Crippen LogP contribution in [0.3, 0.4) is 0 Å². The number of rotatable bonds is 0. The van der Waals surface area contributed by atoms with Gasteiger partial charge in [-0.15, -0.1) is 0 Å². The van der Waals surface area contributed by atoms with Crippen LogP contribution in [-0.2, 0) is 0 Å². The summed E-state index contributed by atoms with van der Waals surface area (Å²) < 4.78 is 0. The lowest BCUT2D eigenvalue weighted by Gasteiger charge is -2.05. The van der Waals surface area contributed by atoms with Gasteiger partial charge in [0.15, 0.2) is 0 Å². The van der Waals surface area contributed by atoms with Gasteiger partial charge in [0.2, 0.25) is 0 Å². The molecule has 8 heavy (non-hydrogen) atoms. The Morgan fingerprint density at radius 3 is 2.88 bits per heavy atom. The highest BCUT2D eigenvalue weighted by Crippen LogP contribution is 2.09. The maximum Gasteiger partial charge on any atom is 0.0329 e. The molecule has 0 aromatic carbocycles. The molecule has 1 aliphatic rings. The first-order valence-electron chi connectivity index (χ1n) is 3.00. The monoisotopic (exact) mass is 109 g/mol. The number of aliphatic imine (C=N–C) groups is 1. The van der Waals surface area contributed by atoms with Crippen LogP contribution < -0.4 is 0 Å². The zero-order valence-electron chi connectivity index (χ0n) is 5.39. The summed E-state index contributed by atoms with van der Waals surface area (Å²) in [5.41, 5.74) is 1.16. The number of hydrogen-bond donors (Lipinski definition) is 0. The summed E-state index contributed by atoms with van der Waals surface area (Å²) in [4.78, 5) is 4.15. The van der Waals surface area contributed by atoms with Gasteiger partial charge in [0, 0.05) is 11.9 Å². The Morgan fingerprint density at radius 2 is 2.50 bits per heavy atom. The molecule has 1 atom stereocenters. The normalized spacial score (nSPS) is 27.8. The van der Waals surface area contributed by atoms with Crippen molar-refractivity contribution in [2.45, 2.75) is 20.3 Å². The second-order valence-electron chi connectivity index (χ2n) is 2.34. The van der Waals surface area contributed by atoms with Crippen LogP contribution in [0, 0.1) is 5.92 Å². The molecule has 0 aliphatic carbocycles. The molecule has 1 rings (SSSR count). The standard InChI is InChI=1S/C7H11N/c1-6-3-4-7(2)8-5-6/h4-6H,3H2,1-2H3/t6-/m0/s1. The van der Waals surface area contributed by atoms with Crippen LogP contribution in [0.5, 0.6) is 0 Å². The quantitative estimate of drug-likeness (QED) is 0.451. The van der Waals surface area contributed by atoms with Gasteiger partial charge in [-0.3, -0.25) is 4.99 Å². The summed E-state index contributed by atoms with van der Waals surface area (Å²) >= 11 is 0. The van der Waals surface area contributed by atoms with Crippen LogP contribution in [0.15, 0.2) is 16.8 Å². The largest absolute Gasteiger partial charge is 0.266 e. The Labute approximate surface area is 50.1 Å². The van der Waals surface area contributed by atoms with E-state index >= 15 is 0 Å². The van der Waals surface area contributed by atoms with E-state index < -0.39 is 0 Å². The van der Waals surface area contributed by atoms with Gasteiger partial charge in [-0.05, 0) is 19.3 Å². The summed E-state index contributed by atoms with van der Waals surface area (Å²) in [6.07, 6.45) is 5.34. The average molecular weight is 109 g/mol. The van der Waals surface area contributed by atoms with E-state index in [2.05, 4.69) is 18.0 Å². The lowest BCUT2D eigenvalue weighted by atomic mass is 10.1. The first kappa shape index (κ1) is 5.54. The minimum Gasteiger partial charge on any atom is -0.266 e. The lowest BCUT2D eigenvalue weighted by Crippen LogP contribution is -1.98. The van der Waals surface area contributed by atoms with Crippen molar-refractivity contribution in [3.63, 3.8) is 0 Å². The van der Waals surface area contributed by atoms with Crippen LogP contribution in [0.4, 0.5) is 0 Å². The van der Waals surface area contributed by atoms with Gasteiger partial charge in [0.05, 0.1) is 0 Å². The third-order valence-corrected chi connectivity index (χ3v) is 1.32. The lowest BCUT2D eigenvalue weighted by molar-refractivity contribution is 0.785. The maximum absolute atomic E-state index is 4.15. The van der Waals surface area contributed by atoms with Crippen LogP contribution in [0.2, 0.25) is 0 Å². The predicted octanol–water partition coefficient (Wildman–Crippen LogP) is 2.00. The molecule has 1 heterocycles. The van der Waals surface area contributed by atoms with Crippen molar-refractivity contribution < 1.29 is 0 Å². The zero-order chi connectivity index (χ0) is 5.98. The molecule has 44 valence electrons. The first-order chi connectivity index (χ1) is 3.79. The molecule has 0 spiro atoms. The Hall–Kier alpha value is -0.590. The Bertz CT molecular complexity index is 133. The molecule has 0 aromatic rings. The fraction of sp³-hybridized carbons (Fsp3) is 0.571. The molecule has 0 radical (unpaired) electrons. The van der Waals surface area contributed by atoms with Crippen molar-refractivity contribution in [3.05, 3.63) is 11.8 Å². The summed E-state index contributed by atoms with van der Waals surface area (Å²) in [5, 5.41) is 0. The highest BCUT2D eigenvalue weighted by molar-refractivity contribution is 5.63. The van der Waals surface area contributed by atoms with Gasteiger partial charge in [0.1, 0.15) is 0 Å². The Kier molecular flexibility index (Phi) is 1.47. The molecule has 0 saturated heterocycles. The van der Waals surface area contributed by atoms with Crippen molar-refractivity contribution in [2.75, 3.05) is 0 Å². The van der Waals surface area contributed by atoms with E-state index in [1.165, 1.54) is 0 Å². The van der Waals surface area contributed by atoms with Gasteiger partial charge in [-0.25, -0.2) is 0 Å². The van der Waals surface area contributed by atoms with Crippen LogP contribution in [0.25, 0.3) is 0 Å². The minimum atomic E-state index is 0.652. The van der Waals surface area contributed by atoms with Crippen LogP contribution in [-0.4, -0.2) is 6.21 Å². The first-order valence-corrected chi connectivity index (χ1v) is 3.00. The smallest absolute Gasteiger partial charge is 0.0329 e. The van der Waals surface area contributed by atoms with Crippen LogP contribution >= 0.6 is 0 Å². The molecule has 1 nitrogen and oxygen atoms in total. The van der Waals surface area contributed by atoms with Gasteiger partial charge in [0.25, 0.3) is 0 Å². The average Bonchev–Trinajstić information content (AvgIpc) is 1.77. The molecule has 0 N–H and O–H groups in total. The van der Waals surface area contributed by atoms with Crippen molar-refractivity contribution in [3.8, 4) is 0 Å². The van der Waals surface area contributed by atoms with Crippen molar-refractivity contribution in [1.29, 1.82) is 0 Å². The topological polar surface area (TPSA) is 12.4 Å². The SMILES string of the molecule is CC1=CC[C@H](C)C=N1. The summed E-state index contributed by atoms with van der Waals surface area (Å²) in [7, 11) is 0. The van der Waals surface area contributed by atoms with Crippen molar-refractivity contribution >= 4 is 6.21 Å². The van der Waals surface area contributed by atoms with Crippen molar-refractivity contribution in [2.24, 2.45) is 10.9 Å². The fourth-order valence-corrected chi connectivity index (χ4v) is 0.715. The number of nitrogens with zero attached hydrogens (tertiary/aromatic N) is 1. The van der Waals surface area contributed by atoms with Crippen LogP contribution in [0.1, 0.15) is 20.3 Å². The molecule has 0 unspecified atom stereocenters. The summed E-state index contributed by atoms with van der Waals surface area (Å²) in [5.74, 6) is 0.652. The molecule has 0 saturated carbocycles. The second-order valence-corrected chi connectivity index (χ2v) is 2.34. The predicted molar refractivity (Wildman–Crippen MR) is 36.0 cm³/mol. The zero-order valence-corrected chi connectivity index (χ0v) is 5.39. The highest BCUT2D eigenvalue weighted by Gasteiger charge is 1.99. The number of allylic oxidation sites excluding steroid dienone is 2. The minimum absolute atomic E-state index is 0.652. The van der Waals surface area contributed by atoms with E-state index in [-0.39, 0.29) is 0 Å². The van der Waals surface area contributed by atoms with E-state index in [0.717, 1.165) is 12.1 Å². The fourth-order valence-electron chi connectivity index (χ4n) is 0.715. The van der Waals surface area contributed by atoms with E-state index in [1.807, 2.05) is 13.1 Å². The number of hydrogen-bond acceptors (Lipinski definition) is 1. The third kappa shape index (κ3) is 1.19. The van der Waals surface area contributed by atoms with Gasteiger partial charge in [-0.1, -0.05) is 13.0 Å². The Morgan fingerprint density at radius 1 is 1.75 bits per heavy atom. The van der Waals surface area contributed by atoms with Gasteiger partial charge in [-0.2, -0.15) is 0 Å². The highest BCUT2D eigenvalue weighted by atomic mass is 14.7. The van der Waals surface area contributed by atoms with Gasteiger partial charge >= 0.3 is 0 Å². The molecular formula is C7H11N. The third-order valence-electron chi connectivity index (χ3n) is 1.32. The van der Waals surface area contributed by atoms with E-state index in [4.69, 9.17) is 0 Å². The summed E-state index contributed by atoms with van der Waals surface area (Å²) in [6, 6.07) is 0. The molecule has 1 aliphatic heterocycles. The second kappa shape index (κ2) is 2.12. The van der Waals surface area contributed by atoms with E-state index in [1.54, 1.807) is 0 Å². The molecular weight excluding hydrogens is 98.1 g/mol. The van der Waals surface area contributed by atoms with Crippen molar-refractivity contribution in [1.82, 2.24) is 0 Å². The Balaban J connectivity index is 2.58. The van der Waals surface area contributed by atoms with Gasteiger partial charge < -0.3 is 0 Å². The maximum atomic E-state index is 4.15.